The van der Waals surface area contributed by atoms with Crippen LogP contribution in [0.25, 0.3) is 0 Å². The first-order valence-electron chi connectivity index (χ1n) is 7.49. The first-order valence-corrected chi connectivity index (χ1v) is 7.49. The second-order valence-electron chi connectivity index (χ2n) is 5.65. The Bertz CT molecular complexity index is 557. The van der Waals surface area contributed by atoms with Gasteiger partial charge in [0, 0.05) is 5.92 Å². The Morgan fingerprint density at radius 1 is 1.30 bits per heavy atom. The molecule has 3 nitrogen and oxygen atoms in total. The smallest absolute Gasteiger partial charge is 0.341 e. The number of benzene rings is 1. The summed E-state index contributed by atoms with van der Waals surface area (Å²) in [4.78, 5) is 14.2. The van der Waals surface area contributed by atoms with Crippen molar-refractivity contribution >= 4 is 5.91 Å². The zero-order valence-electron chi connectivity index (χ0n) is 12.6. The van der Waals surface area contributed by atoms with Crippen molar-refractivity contribution < 1.29 is 18.0 Å². The molecule has 1 atom stereocenters. The van der Waals surface area contributed by atoms with Gasteiger partial charge in [0.2, 0.25) is 5.91 Å². The van der Waals surface area contributed by atoms with E-state index in [1.54, 1.807) is 6.07 Å². The van der Waals surface area contributed by atoms with Gasteiger partial charge in [0.05, 0.1) is 6.54 Å². The summed E-state index contributed by atoms with van der Waals surface area (Å²) in [6, 6.07) is 5.46. The molecule has 0 aliphatic carbocycles. The van der Waals surface area contributed by atoms with Crippen LogP contribution in [0, 0.1) is 18.3 Å². The van der Waals surface area contributed by atoms with Gasteiger partial charge in [0.25, 0.3) is 0 Å². The molecule has 124 valence electrons. The van der Waals surface area contributed by atoms with Crippen molar-refractivity contribution in [3.8, 4) is 12.3 Å². The zero-order chi connectivity index (χ0) is 16.9. The van der Waals surface area contributed by atoms with Crippen molar-refractivity contribution in [3.05, 3.63) is 35.9 Å². The quantitative estimate of drug-likeness (QED) is 0.864. The minimum absolute atomic E-state index is 0.0399. The maximum absolute atomic E-state index is 13.3. The van der Waals surface area contributed by atoms with Crippen molar-refractivity contribution in [1.29, 1.82) is 0 Å². The maximum atomic E-state index is 13.3. The molecule has 1 amide bonds. The summed E-state index contributed by atoms with van der Waals surface area (Å²) in [5.41, 5.74) is 0.0399. The van der Waals surface area contributed by atoms with Crippen LogP contribution in [0.4, 0.5) is 13.2 Å². The summed E-state index contributed by atoms with van der Waals surface area (Å²) in [5.74, 6) is 1.58. The predicted molar refractivity (Wildman–Crippen MR) is 81.4 cm³/mol. The number of terminal acetylenes is 1. The molecule has 1 heterocycles. The van der Waals surface area contributed by atoms with E-state index in [2.05, 4.69) is 11.2 Å². The molecule has 6 heteroatoms. The number of piperidine rings is 1. The molecule has 1 aliphatic rings. The van der Waals surface area contributed by atoms with E-state index in [1.165, 1.54) is 24.3 Å². The van der Waals surface area contributed by atoms with Gasteiger partial charge in [-0.15, -0.1) is 6.42 Å². The highest BCUT2D eigenvalue weighted by atomic mass is 19.4. The summed E-state index contributed by atoms with van der Waals surface area (Å²) in [5, 5.41) is 2.17. The Labute approximate surface area is 133 Å². The number of halogens is 3. The average molecular weight is 324 g/mol. The van der Waals surface area contributed by atoms with E-state index < -0.39 is 24.0 Å². The third-order valence-corrected chi connectivity index (χ3v) is 4.02. The van der Waals surface area contributed by atoms with Crippen LogP contribution in [0.3, 0.4) is 0 Å². The molecule has 2 rings (SSSR count). The number of hydrogen-bond donors (Lipinski definition) is 1. The second-order valence-corrected chi connectivity index (χ2v) is 5.65. The van der Waals surface area contributed by atoms with E-state index >= 15 is 0 Å². The number of nitrogens with zero attached hydrogens (tertiary/aromatic N) is 1. The van der Waals surface area contributed by atoms with Crippen molar-refractivity contribution in [2.24, 2.45) is 5.92 Å². The van der Waals surface area contributed by atoms with Crippen molar-refractivity contribution in [3.63, 3.8) is 0 Å². The topological polar surface area (TPSA) is 32.3 Å². The Morgan fingerprint density at radius 3 is 2.43 bits per heavy atom. The Morgan fingerprint density at radius 2 is 1.91 bits per heavy atom. The Hall–Kier alpha value is -2.00. The van der Waals surface area contributed by atoms with E-state index in [0.717, 1.165) is 0 Å². The average Bonchev–Trinajstić information content (AvgIpc) is 2.53. The molecule has 1 fully saturated rings. The van der Waals surface area contributed by atoms with Crippen LogP contribution < -0.4 is 5.32 Å². The van der Waals surface area contributed by atoms with Crippen LogP contribution in [-0.4, -0.2) is 36.6 Å². The Balaban J connectivity index is 2.01. The third-order valence-electron chi connectivity index (χ3n) is 4.02. The summed E-state index contributed by atoms with van der Waals surface area (Å²) in [7, 11) is 0. The maximum Gasteiger partial charge on any atom is 0.412 e. The van der Waals surface area contributed by atoms with Crippen molar-refractivity contribution in [2.75, 3.05) is 19.6 Å². The highest BCUT2D eigenvalue weighted by Crippen LogP contribution is 2.33. The van der Waals surface area contributed by atoms with Crippen LogP contribution in [0.2, 0.25) is 0 Å². The monoisotopic (exact) mass is 324 g/mol. The third kappa shape index (κ3) is 4.73. The lowest BCUT2D eigenvalue weighted by Crippen LogP contribution is -2.44. The molecule has 0 aromatic heterocycles. The molecule has 1 aromatic carbocycles. The molecule has 0 radical (unpaired) electrons. The lowest BCUT2D eigenvalue weighted by molar-refractivity contribution is -0.165. The fraction of sp³-hybridized carbons (Fsp3) is 0.471. The minimum Gasteiger partial charge on any atom is -0.341 e. The SMILES string of the molecule is C#CCN1CCC(C(=O)N[C@@H](c2ccccc2)C(F)(F)F)CC1. The van der Waals surface area contributed by atoms with E-state index in [9.17, 15) is 18.0 Å². The number of rotatable bonds is 4. The molecule has 0 spiro atoms. The first-order chi connectivity index (χ1) is 10.9. The molecule has 1 N–H and O–H groups in total. The lowest BCUT2D eigenvalue weighted by atomic mass is 9.95. The number of amides is 1. The summed E-state index contributed by atoms with van der Waals surface area (Å²) >= 11 is 0. The standard InChI is InChI=1S/C17H19F3N2O/c1-2-10-22-11-8-14(9-12-22)16(23)21-15(17(18,19)20)13-6-4-3-5-7-13/h1,3-7,14-15H,8-12H2,(H,21,23)/t15-/m0/s1. The van der Waals surface area contributed by atoms with Gasteiger partial charge >= 0.3 is 6.18 Å². The molecule has 1 saturated heterocycles. The summed E-state index contributed by atoms with van der Waals surface area (Å²) in [6.45, 7) is 1.76. The first kappa shape index (κ1) is 17.4. The predicted octanol–water partition coefficient (Wildman–Crippen LogP) is 2.75. The van der Waals surface area contributed by atoms with Crippen LogP contribution in [0.1, 0.15) is 24.4 Å². The van der Waals surface area contributed by atoms with Gasteiger partial charge in [-0.2, -0.15) is 13.2 Å². The molecule has 0 saturated carbocycles. The summed E-state index contributed by atoms with van der Waals surface area (Å²) < 4.78 is 39.8. The van der Waals surface area contributed by atoms with Crippen molar-refractivity contribution in [2.45, 2.75) is 25.1 Å². The molecule has 0 unspecified atom stereocenters. The van der Waals surface area contributed by atoms with Gasteiger partial charge in [0.1, 0.15) is 0 Å². The van der Waals surface area contributed by atoms with E-state index in [-0.39, 0.29) is 5.56 Å². The largest absolute Gasteiger partial charge is 0.412 e. The van der Waals surface area contributed by atoms with Gasteiger partial charge < -0.3 is 5.32 Å². The van der Waals surface area contributed by atoms with Crippen LogP contribution in [-0.2, 0) is 4.79 Å². The molecule has 0 bridgehead atoms. The zero-order valence-corrected chi connectivity index (χ0v) is 12.6. The molecule has 23 heavy (non-hydrogen) atoms. The van der Waals surface area contributed by atoms with E-state index in [4.69, 9.17) is 6.42 Å². The van der Waals surface area contributed by atoms with Gasteiger partial charge in [-0.05, 0) is 31.5 Å². The molecule has 1 aromatic rings. The van der Waals surface area contributed by atoms with Crippen LogP contribution in [0.5, 0.6) is 0 Å². The molecular formula is C17H19F3N2O. The molecule has 1 aliphatic heterocycles. The minimum atomic E-state index is -4.53. The van der Waals surface area contributed by atoms with Crippen LogP contribution in [0.15, 0.2) is 30.3 Å². The summed E-state index contributed by atoms with van der Waals surface area (Å²) in [6.07, 6.45) is 1.75. The van der Waals surface area contributed by atoms with Gasteiger partial charge in [-0.1, -0.05) is 36.3 Å². The number of nitrogens with one attached hydrogen (secondary N) is 1. The van der Waals surface area contributed by atoms with E-state index in [0.29, 0.717) is 32.5 Å². The number of hydrogen-bond acceptors (Lipinski definition) is 2. The number of carbonyl (C=O) groups excluding carboxylic acids is 1. The normalized spacial score (nSPS) is 18.2. The highest BCUT2D eigenvalue weighted by molar-refractivity contribution is 5.79. The van der Waals surface area contributed by atoms with Crippen LogP contribution >= 0.6 is 0 Å². The van der Waals surface area contributed by atoms with E-state index in [1.807, 2.05) is 4.90 Å². The second kappa shape index (κ2) is 7.51. The van der Waals surface area contributed by atoms with Gasteiger partial charge in [0.15, 0.2) is 6.04 Å². The fourth-order valence-electron chi connectivity index (χ4n) is 2.74. The number of alkyl halides is 3. The highest BCUT2D eigenvalue weighted by Gasteiger charge is 2.42. The number of likely N-dealkylation sites (tertiary alicyclic amines) is 1. The van der Waals surface area contributed by atoms with Crippen molar-refractivity contribution in [1.82, 2.24) is 10.2 Å². The fourth-order valence-corrected chi connectivity index (χ4v) is 2.74. The molecular weight excluding hydrogens is 305 g/mol. The van der Waals surface area contributed by atoms with Gasteiger partial charge in [-0.25, -0.2) is 0 Å². The number of carbonyl (C=O) groups is 1. The van der Waals surface area contributed by atoms with Gasteiger partial charge in [-0.3, -0.25) is 9.69 Å². The Kier molecular flexibility index (Phi) is 5.67. The lowest BCUT2D eigenvalue weighted by Gasteiger charge is -2.31.